The average Bonchev–Trinajstić information content (AvgIpc) is 2.98. The van der Waals surface area contributed by atoms with Gasteiger partial charge in [-0.3, -0.25) is 4.79 Å². The van der Waals surface area contributed by atoms with Gasteiger partial charge in [-0.15, -0.1) is 0 Å². The van der Waals surface area contributed by atoms with E-state index in [1.807, 2.05) is 48.5 Å². The number of fused-ring (bicyclic) bond motifs is 1. The smallest absolute Gasteiger partial charge is 0.251 e. The molecule has 2 aromatic carbocycles. The lowest BCUT2D eigenvalue weighted by Crippen LogP contribution is -2.29. The molecule has 0 fully saturated rings. The molecule has 0 saturated carbocycles. The van der Waals surface area contributed by atoms with Crippen LogP contribution in [-0.2, 0) is 0 Å². The lowest BCUT2D eigenvalue weighted by molar-refractivity contribution is 0.0932. The topological polar surface area (TPSA) is 57.8 Å². The standard InChI is InChI=1S/C18H18BrN3O/c1-2-6-16(17-20-14-9-3-4-10-15(14)21-17)22-18(23)12-7-5-8-13(19)11-12/h3-5,7-11,16H,2,6H2,1H3,(H,20,21)(H,22,23). The van der Waals surface area contributed by atoms with Crippen molar-refractivity contribution in [2.24, 2.45) is 0 Å². The van der Waals surface area contributed by atoms with Crippen molar-refractivity contribution in [1.82, 2.24) is 15.3 Å². The Balaban J connectivity index is 1.85. The van der Waals surface area contributed by atoms with E-state index >= 15 is 0 Å². The fraction of sp³-hybridized carbons (Fsp3) is 0.222. The van der Waals surface area contributed by atoms with Gasteiger partial charge in [0.1, 0.15) is 5.82 Å². The molecule has 4 nitrogen and oxygen atoms in total. The van der Waals surface area contributed by atoms with Crippen LogP contribution in [0.5, 0.6) is 0 Å². The number of halogens is 1. The summed E-state index contributed by atoms with van der Waals surface area (Å²) in [6.07, 6.45) is 1.79. The maximum absolute atomic E-state index is 12.5. The zero-order valence-corrected chi connectivity index (χ0v) is 14.4. The van der Waals surface area contributed by atoms with Crippen LogP contribution in [0.15, 0.2) is 53.0 Å². The largest absolute Gasteiger partial charge is 0.342 e. The minimum atomic E-state index is -0.126. The molecule has 1 aromatic heterocycles. The van der Waals surface area contributed by atoms with E-state index in [0.29, 0.717) is 5.56 Å². The van der Waals surface area contributed by atoms with Crippen LogP contribution in [0.25, 0.3) is 11.0 Å². The first kappa shape index (κ1) is 15.7. The van der Waals surface area contributed by atoms with Crippen LogP contribution in [0, 0.1) is 0 Å². The predicted octanol–water partition coefficient (Wildman–Crippen LogP) is 4.60. The van der Waals surface area contributed by atoms with E-state index in [2.05, 4.69) is 38.1 Å². The highest BCUT2D eigenvalue weighted by Crippen LogP contribution is 2.21. The van der Waals surface area contributed by atoms with Crippen molar-refractivity contribution in [2.45, 2.75) is 25.8 Å². The maximum atomic E-state index is 12.5. The molecule has 0 saturated heterocycles. The number of hydrogen-bond acceptors (Lipinski definition) is 2. The number of carbonyl (C=O) groups excluding carboxylic acids is 1. The Bertz CT molecular complexity index is 795. The molecule has 0 aliphatic heterocycles. The molecular formula is C18H18BrN3O. The number of para-hydroxylation sites is 2. The van der Waals surface area contributed by atoms with Gasteiger partial charge in [-0.1, -0.05) is 47.5 Å². The predicted molar refractivity (Wildman–Crippen MR) is 95.4 cm³/mol. The molecule has 118 valence electrons. The molecule has 0 aliphatic rings. The van der Waals surface area contributed by atoms with Crippen LogP contribution in [0.4, 0.5) is 0 Å². The fourth-order valence-electron chi connectivity index (χ4n) is 2.57. The Labute approximate surface area is 143 Å². The molecule has 1 atom stereocenters. The van der Waals surface area contributed by atoms with Crippen LogP contribution >= 0.6 is 15.9 Å². The fourth-order valence-corrected chi connectivity index (χ4v) is 2.97. The van der Waals surface area contributed by atoms with Gasteiger partial charge in [0.05, 0.1) is 17.1 Å². The van der Waals surface area contributed by atoms with Gasteiger partial charge in [0.15, 0.2) is 0 Å². The SMILES string of the molecule is CCCC(NC(=O)c1cccc(Br)c1)c1nc2ccccc2[nH]1. The highest BCUT2D eigenvalue weighted by Gasteiger charge is 2.18. The van der Waals surface area contributed by atoms with Crippen LogP contribution in [0.2, 0.25) is 0 Å². The second-order valence-corrected chi connectivity index (χ2v) is 6.38. The summed E-state index contributed by atoms with van der Waals surface area (Å²) in [5.74, 6) is 0.710. The second kappa shape index (κ2) is 6.96. The van der Waals surface area contributed by atoms with Crippen LogP contribution in [0.1, 0.15) is 42.0 Å². The third-order valence-corrected chi connectivity index (χ3v) is 4.20. The van der Waals surface area contributed by atoms with Crippen molar-refractivity contribution in [1.29, 1.82) is 0 Å². The molecule has 3 aromatic rings. The maximum Gasteiger partial charge on any atom is 0.251 e. The van der Waals surface area contributed by atoms with E-state index in [-0.39, 0.29) is 11.9 Å². The van der Waals surface area contributed by atoms with Crippen LogP contribution in [0.3, 0.4) is 0 Å². The van der Waals surface area contributed by atoms with Gasteiger partial charge >= 0.3 is 0 Å². The molecule has 0 bridgehead atoms. The molecule has 3 rings (SSSR count). The van der Waals surface area contributed by atoms with Crippen molar-refractivity contribution < 1.29 is 4.79 Å². The van der Waals surface area contributed by atoms with E-state index < -0.39 is 0 Å². The molecular weight excluding hydrogens is 354 g/mol. The van der Waals surface area contributed by atoms with Crippen LogP contribution < -0.4 is 5.32 Å². The number of aromatic nitrogens is 2. The number of benzene rings is 2. The van der Waals surface area contributed by atoms with Gasteiger partial charge in [-0.05, 0) is 36.8 Å². The van der Waals surface area contributed by atoms with Gasteiger partial charge in [-0.2, -0.15) is 0 Å². The van der Waals surface area contributed by atoms with E-state index in [9.17, 15) is 4.79 Å². The van der Waals surface area contributed by atoms with Gasteiger partial charge < -0.3 is 10.3 Å². The molecule has 1 heterocycles. The summed E-state index contributed by atoms with van der Waals surface area (Å²) in [5, 5.41) is 3.09. The van der Waals surface area contributed by atoms with E-state index in [4.69, 9.17) is 0 Å². The zero-order valence-electron chi connectivity index (χ0n) is 12.8. The number of nitrogens with zero attached hydrogens (tertiary/aromatic N) is 1. The summed E-state index contributed by atoms with van der Waals surface area (Å²) < 4.78 is 0.890. The molecule has 1 amide bonds. The normalized spacial score (nSPS) is 12.3. The minimum Gasteiger partial charge on any atom is -0.342 e. The quantitative estimate of drug-likeness (QED) is 0.688. The van der Waals surface area contributed by atoms with Gasteiger partial charge in [0.25, 0.3) is 5.91 Å². The highest BCUT2D eigenvalue weighted by molar-refractivity contribution is 9.10. The van der Waals surface area contributed by atoms with E-state index in [0.717, 1.165) is 34.2 Å². The third kappa shape index (κ3) is 3.62. The molecule has 0 radical (unpaired) electrons. The van der Waals surface area contributed by atoms with Gasteiger partial charge in [0.2, 0.25) is 0 Å². The Morgan fingerprint density at radius 2 is 2.09 bits per heavy atom. The number of hydrogen-bond donors (Lipinski definition) is 2. The first-order valence-corrected chi connectivity index (χ1v) is 8.47. The lowest BCUT2D eigenvalue weighted by atomic mass is 10.1. The Morgan fingerprint density at radius 3 is 2.83 bits per heavy atom. The number of carbonyl (C=O) groups is 1. The molecule has 1 unspecified atom stereocenters. The highest BCUT2D eigenvalue weighted by atomic mass is 79.9. The van der Waals surface area contributed by atoms with Crippen molar-refractivity contribution >= 4 is 32.9 Å². The number of rotatable bonds is 5. The first-order valence-electron chi connectivity index (χ1n) is 7.68. The molecule has 2 N–H and O–H groups in total. The van der Waals surface area contributed by atoms with Crippen molar-refractivity contribution in [3.63, 3.8) is 0 Å². The minimum absolute atomic E-state index is 0.0924. The summed E-state index contributed by atoms with van der Waals surface area (Å²) in [5.41, 5.74) is 2.54. The molecule has 0 aliphatic carbocycles. The Kier molecular flexibility index (Phi) is 4.76. The monoisotopic (exact) mass is 371 g/mol. The Morgan fingerprint density at radius 1 is 1.26 bits per heavy atom. The van der Waals surface area contributed by atoms with Crippen molar-refractivity contribution in [3.05, 3.63) is 64.4 Å². The number of nitrogens with one attached hydrogen (secondary N) is 2. The summed E-state index contributed by atoms with van der Waals surface area (Å²) in [4.78, 5) is 20.4. The number of amides is 1. The summed E-state index contributed by atoms with van der Waals surface area (Å²) >= 11 is 3.40. The number of aromatic amines is 1. The number of H-pyrrole nitrogens is 1. The molecule has 23 heavy (non-hydrogen) atoms. The van der Waals surface area contributed by atoms with Crippen molar-refractivity contribution in [3.8, 4) is 0 Å². The first-order chi connectivity index (χ1) is 11.2. The summed E-state index contributed by atoms with van der Waals surface area (Å²) in [7, 11) is 0. The molecule has 5 heteroatoms. The van der Waals surface area contributed by atoms with Gasteiger partial charge in [-0.25, -0.2) is 4.98 Å². The van der Waals surface area contributed by atoms with Gasteiger partial charge in [0, 0.05) is 10.0 Å². The number of imidazole rings is 1. The van der Waals surface area contributed by atoms with E-state index in [1.165, 1.54) is 0 Å². The van der Waals surface area contributed by atoms with Crippen LogP contribution in [-0.4, -0.2) is 15.9 Å². The average molecular weight is 372 g/mol. The molecule has 0 spiro atoms. The summed E-state index contributed by atoms with van der Waals surface area (Å²) in [6.45, 7) is 2.10. The van der Waals surface area contributed by atoms with Crippen molar-refractivity contribution in [2.75, 3.05) is 0 Å². The van der Waals surface area contributed by atoms with E-state index in [1.54, 1.807) is 0 Å². The Hall–Kier alpha value is -2.14. The lowest BCUT2D eigenvalue weighted by Gasteiger charge is -2.16. The third-order valence-electron chi connectivity index (χ3n) is 3.71. The zero-order chi connectivity index (χ0) is 16.2. The summed E-state index contributed by atoms with van der Waals surface area (Å²) in [6, 6.07) is 15.1. The second-order valence-electron chi connectivity index (χ2n) is 5.46.